The summed E-state index contributed by atoms with van der Waals surface area (Å²) in [5, 5.41) is 0. The van der Waals surface area contributed by atoms with Crippen LogP contribution in [-0.4, -0.2) is 61.0 Å². The van der Waals surface area contributed by atoms with Crippen LogP contribution in [0.5, 0.6) is 5.75 Å². The highest BCUT2D eigenvalue weighted by Crippen LogP contribution is 2.44. The Morgan fingerprint density at radius 1 is 1.25 bits per heavy atom. The normalized spacial score (nSPS) is 26.1. The number of thioether (sulfide) groups is 1. The van der Waals surface area contributed by atoms with E-state index in [9.17, 15) is 4.79 Å². The molecule has 0 N–H and O–H groups in total. The van der Waals surface area contributed by atoms with Crippen molar-refractivity contribution in [3.05, 3.63) is 29.8 Å². The summed E-state index contributed by atoms with van der Waals surface area (Å²) >= 11 is 1.72. The molecule has 2 saturated heterocycles. The van der Waals surface area contributed by atoms with Gasteiger partial charge in [-0.25, -0.2) is 0 Å². The molecule has 0 radical (unpaired) electrons. The van der Waals surface area contributed by atoms with Crippen molar-refractivity contribution in [2.24, 2.45) is 11.8 Å². The molecule has 0 spiro atoms. The largest absolute Gasteiger partial charge is 0.497 e. The number of fused-ring (bicyclic) bond motifs is 1. The molecule has 2 aliphatic heterocycles. The molecule has 2 heterocycles. The van der Waals surface area contributed by atoms with E-state index < -0.39 is 0 Å². The first-order valence-electron chi connectivity index (χ1n) is 8.33. The van der Waals surface area contributed by atoms with E-state index in [0.717, 1.165) is 31.1 Å². The maximum atomic E-state index is 12.3. The van der Waals surface area contributed by atoms with E-state index >= 15 is 0 Å². The second kappa shape index (κ2) is 8.45. The van der Waals surface area contributed by atoms with Crippen LogP contribution in [0.1, 0.15) is 18.5 Å². The van der Waals surface area contributed by atoms with Crippen molar-refractivity contribution in [2.45, 2.75) is 13.0 Å². The van der Waals surface area contributed by atoms with Crippen LogP contribution in [0.25, 0.3) is 0 Å². The molecule has 3 rings (SSSR count). The summed E-state index contributed by atoms with van der Waals surface area (Å²) in [4.78, 5) is 16.8. The van der Waals surface area contributed by atoms with Gasteiger partial charge in [-0.3, -0.25) is 9.69 Å². The predicted octanol–water partition coefficient (Wildman–Crippen LogP) is 2.93. The van der Waals surface area contributed by atoms with Gasteiger partial charge in [0.05, 0.1) is 12.9 Å². The number of likely N-dealkylation sites (tertiary alicyclic amines) is 2. The summed E-state index contributed by atoms with van der Waals surface area (Å²) in [6, 6.07) is 8.81. The second-order valence-corrected chi connectivity index (χ2v) is 7.79. The van der Waals surface area contributed by atoms with Crippen LogP contribution in [0.3, 0.4) is 0 Å². The summed E-state index contributed by atoms with van der Waals surface area (Å²) in [7, 11) is 3.90. The standard InChI is InChI=1S/C18H26N2O2S.ClH/c1-4-23-12-17(21)20-10-14-9-19(2)18(16(14)11-20)13-5-7-15(22-3)8-6-13;/h5-8,14,16,18H,4,9-12H2,1-3H3;1H/t14-,16+,18-;/m0./s1. The molecular weight excluding hydrogens is 344 g/mol. The average molecular weight is 371 g/mol. The van der Waals surface area contributed by atoms with Gasteiger partial charge in [0.25, 0.3) is 0 Å². The number of carbonyl (C=O) groups excluding carboxylic acids is 1. The highest BCUT2D eigenvalue weighted by molar-refractivity contribution is 7.99. The Morgan fingerprint density at radius 3 is 2.58 bits per heavy atom. The van der Waals surface area contributed by atoms with Crippen LogP contribution in [0.4, 0.5) is 0 Å². The molecule has 6 heteroatoms. The lowest BCUT2D eigenvalue weighted by Crippen LogP contribution is -2.34. The quantitative estimate of drug-likeness (QED) is 0.797. The first-order chi connectivity index (χ1) is 11.1. The van der Waals surface area contributed by atoms with Crippen LogP contribution >= 0.6 is 24.2 Å². The van der Waals surface area contributed by atoms with Gasteiger partial charge < -0.3 is 9.64 Å². The zero-order chi connectivity index (χ0) is 16.4. The third-order valence-corrected chi connectivity index (χ3v) is 5.99. The molecule has 0 saturated carbocycles. The Labute approximate surface area is 155 Å². The summed E-state index contributed by atoms with van der Waals surface area (Å²) in [5.74, 6) is 3.97. The lowest BCUT2D eigenvalue weighted by molar-refractivity contribution is -0.127. The maximum absolute atomic E-state index is 12.3. The van der Waals surface area contributed by atoms with E-state index in [1.54, 1.807) is 18.9 Å². The van der Waals surface area contributed by atoms with E-state index in [4.69, 9.17) is 4.74 Å². The number of benzene rings is 1. The number of ether oxygens (including phenoxy) is 1. The van der Waals surface area contributed by atoms with Gasteiger partial charge in [-0.1, -0.05) is 19.1 Å². The van der Waals surface area contributed by atoms with Gasteiger partial charge in [-0.2, -0.15) is 11.8 Å². The van der Waals surface area contributed by atoms with E-state index in [1.165, 1.54) is 5.56 Å². The van der Waals surface area contributed by atoms with Gasteiger partial charge in [0.1, 0.15) is 5.75 Å². The van der Waals surface area contributed by atoms with Crippen LogP contribution in [0.15, 0.2) is 24.3 Å². The Morgan fingerprint density at radius 2 is 1.96 bits per heavy atom. The topological polar surface area (TPSA) is 32.8 Å². The fourth-order valence-electron chi connectivity index (χ4n) is 4.04. The average Bonchev–Trinajstić information content (AvgIpc) is 3.09. The van der Waals surface area contributed by atoms with E-state index in [0.29, 0.717) is 29.5 Å². The van der Waals surface area contributed by atoms with Crippen molar-refractivity contribution in [1.29, 1.82) is 0 Å². The minimum atomic E-state index is 0. The molecule has 24 heavy (non-hydrogen) atoms. The van der Waals surface area contributed by atoms with Crippen LogP contribution < -0.4 is 4.74 Å². The number of amides is 1. The Kier molecular flexibility index (Phi) is 6.84. The molecule has 134 valence electrons. The number of methoxy groups -OCH3 is 1. The van der Waals surface area contributed by atoms with Crippen LogP contribution in [0, 0.1) is 11.8 Å². The van der Waals surface area contributed by atoms with Crippen molar-refractivity contribution in [1.82, 2.24) is 9.80 Å². The molecule has 1 aromatic rings. The Balaban J connectivity index is 0.00000208. The highest BCUT2D eigenvalue weighted by Gasteiger charge is 2.47. The third kappa shape index (κ3) is 3.84. The Hall–Kier alpha value is -0.910. The zero-order valence-corrected chi connectivity index (χ0v) is 16.2. The molecule has 2 fully saturated rings. The van der Waals surface area contributed by atoms with Gasteiger partial charge >= 0.3 is 0 Å². The maximum Gasteiger partial charge on any atom is 0.232 e. The second-order valence-electron chi connectivity index (χ2n) is 6.52. The molecule has 0 unspecified atom stereocenters. The molecule has 1 aromatic carbocycles. The molecule has 0 aromatic heterocycles. The van der Waals surface area contributed by atoms with E-state index in [1.807, 2.05) is 12.1 Å². The van der Waals surface area contributed by atoms with Crippen molar-refractivity contribution >= 4 is 30.1 Å². The van der Waals surface area contributed by atoms with E-state index in [-0.39, 0.29) is 12.4 Å². The zero-order valence-electron chi connectivity index (χ0n) is 14.6. The smallest absolute Gasteiger partial charge is 0.232 e. The molecule has 3 atom stereocenters. The SMILES string of the molecule is CCSCC(=O)N1C[C@@H]2CN(C)[C@@H](c3ccc(OC)cc3)[C@@H]2C1.Cl. The molecule has 4 nitrogen and oxygen atoms in total. The highest BCUT2D eigenvalue weighted by atomic mass is 35.5. The number of halogens is 1. The fourth-order valence-corrected chi connectivity index (χ4v) is 4.61. The van der Waals surface area contributed by atoms with Gasteiger partial charge in [0, 0.05) is 31.6 Å². The molecule has 1 amide bonds. The van der Waals surface area contributed by atoms with E-state index in [2.05, 4.69) is 35.9 Å². The number of rotatable bonds is 5. The first kappa shape index (κ1) is 19.4. The summed E-state index contributed by atoms with van der Waals surface area (Å²) < 4.78 is 5.26. The summed E-state index contributed by atoms with van der Waals surface area (Å²) in [6.45, 7) is 5.00. The van der Waals surface area contributed by atoms with Gasteiger partial charge in [-0.05, 0) is 36.4 Å². The number of carbonyl (C=O) groups is 1. The van der Waals surface area contributed by atoms with Crippen molar-refractivity contribution < 1.29 is 9.53 Å². The van der Waals surface area contributed by atoms with Crippen molar-refractivity contribution in [3.63, 3.8) is 0 Å². The lowest BCUT2D eigenvalue weighted by atomic mass is 9.89. The predicted molar refractivity (Wildman–Crippen MR) is 102 cm³/mol. The number of hydrogen-bond acceptors (Lipinski definition) is 4. The lowest BCUT2D eigenvalue weighted by Gasteiger charge is -2.27. The van der Waals surface area contributed by atoms with Crippen LogP contribution in [0.2, 0.25) is 0 Å². The molecule has 0 bridgehead atoms. The summed E-state index contributed by atoms with van der Waals surface area (Å²) in [6.07, 6.45) is 0. The van der Waals surface area contributed by atoms with Crippen LogP contribution in [-0.2, 0) is 4.79 Å². The Bertz CT molecular complexity index is 554. The molecule has 0 aliphatic carbocycles. The van der Waals surface area contributed by atoms with Crippen molar-refractivity contribution in [3.8, 4) is 5.75 Å². The number of nitrogens with zero attached hydrogens (tertiary/aromatic N) is 2. The van der Waals surface area contributed by atoms with Gasteiger partial charge in [0.2, 0.25) is 5.91 Å². The molecule has 2 aliphatic rings. The number of hydrogen-bond donors (Lipinski definition) is 0. The monoisotopic (exact) mass is 370 g/mol. The third-order valence-electron chi connectivity index (χ3n) is 5.13. The van der Waals surface area contributed by atoms with Crippen molar-refractivity contribution in [2.75, 3.05) is 45.3 Å². The van der Waals surface area contributed by atoms with Gasteiger partial charge in [-0.15, -0.1) is 12.4 Å². The summed E-state index contributed by atoms with van der Waals surface area (Å²) in [5.41, 5.74) is 1.33. The van der Waals surface area contributed by atoms with Gasteiger partial charge in [0.15, 0.2) is 0 Å². The fraction of sp³-hybridized carbons (Fsp3) is 0.611. The minimum absolute atomic E-state index is 0. The first-order valence-corrected chi connectivity index (χ1v) is 9.49. The minimum Gasteiger partial charge on any atom is -0.497 e. The molecular formula is C18H27ClN2O2S.